The lowest BCUT2D eigenvalue weighted by atomic mass is 10.0. The molecule has 1 N–H and O–H groups in total. The summed E-state index contributed by atoms with van der Waals surface area (Å²) in [7, 11) is 1.47. The maximum Gasteiger partial charge on any atom is 0.329 e. The number of rotatable bonds is 6. The molecular weight excluding hydrogens is 328 g/mol. The Bertz CT molecular complexity index is 755. The molecule has 0 spiro atoms. The van der Waals surface area contributed by atoms with Crippen LogP contribution in [-0.4, -0.2) is 39.5 Å². The monoisotopic (exact) mass is 348 g/mol. The van der Waals surface area contributed by atoms with Crippen molar-refractivity contribution in [2.45, 2.75) is 32.9 Å². The number of carbonyl (C=O) groups is 2. The number of amides is 1. The predicted molar refractivity (Wildman–Crippen MR) is 91.4 cm³/mol. The minimum atomic E-state index is -1.30. The smallest absolute Gasteiger partial charge is 0.329 e. The molecule has 0 aliphatic carbocycles. The van der Waals surface area contributed by atoms with Gasteiger partial charge in [0.25, 0.3) is 5.91 Å². The summed E-state index contributed by atoms with van der Waals surface area (Å²) in [6, 6.07) is 6.70. The van der Waals surface area contributed by atoms with E-state index in [1.165, 1.54) is 25.8 Å². The fourth-order valence-corrected chi connectivity index (χ4v) is 2.54. The van der Waals surface area contributed by atoms with Crippen molar-refractivity contribution in [3.63, 3.8) is 0 Å². The van der Waals surface area contributed by atoms with E-state index in [1.807, 2.05) is 12.3 Å². The summed E-state index contributed by atoms with van der Waals surface area (Å²) in [6.07, 6.45) is 0. The molecule has 6 nitrogen and oxygen atoms in total. The molecule has 128 valence electrons. The zero-order valence-electron chi connectivity index (χ0n) is 14.1. The lowest BCUT2D eigenvalue weighted by Crippen LogP contribution is -2.50. The summed E-state index contributed by atoms with van der Waals surface area (Å²) in [5, 5.41) is 12.1. The summed E-state index contributed by atoms with van der Waals surface area (Å²) in [5.41, 5.74) is -0.0938. The number of hydrogen-bond donors (Lipinski definition) is 1. The van der Waals surface area contributed by atoms with Gasteiger partial charge in [-0.2, -0.15) is 0 Å². The van der Waals surface area contributed by atoms with Crippen LogP contribution in [-0.2, 0) is 11.4 Å². The van der Waals surface area contributed by atoms with Gasteiger partial charge in [-0.15, -0.1) is 11.3 Å². The van der Waals surface area contributed by atoms with Gasteiger partial charge in [0.2, 0.25) is 0 Å². The largest absolute Gasteiger partial charge is 0.487 e. The Morgan fingerprint density at radius 2 is 2.08 bits per heavy atom. The highest BCUT2D eigenvalue weighted by Gasteiger charge is 2.35. The van der Waals surface area contributed by atoms with Gasteiger partial charge in [-0.1, -0.05) is 6.07 Å². The Labute approximate surface area is 144 Å². The summed E-state index contributed by atoms with van der Waals surface area (Å²) in [4.78, 5) is 29.3. The number of carboxylic acids is 1. The molecule has 2 aromatic rings. The fraction of sp³-hybridized carbons (Fsp3) is 0.353. The standard InChI is InChI=1S/C17H20N2O4S/c1-11-18-13(10-24-11)9-23-14-7-5-6-12(8-14)15(20)19(4)17(2,3)16(21)22/h5-8,10H,9H2,1-4H3,(H,21,22). The number of ether oxygens (including phenoxy) is 1. The Morgan fingerprint density at radius 1 is 1.38 bits per heavy atom. The highest BCUT2D eigenvalue weighted by Crippen LogP contribution is 2.20. The molecule has 0 saturated heterocycles. The number of carbonyl (C=O) groups excluding carboxylic acids is 1. The third-order valence-corrected chi connectivity index (χ3v) is 4.62. The first kappa shape index (κ1) is 17.9. The Morgan fingerprint density at radius 3 is 2.67 bits per heavy atom. The van der Waals surface area contributed by atoms with Crippen molar-refractivity contribution in [3.05, 3.63) is 45.9 Å². The van der Waals surface area contributed by atoms with Gasteiger partial charge in [-0.05, 0) is 39.0 Å². The van der Waals surface area contributed by atoms with Crippen LogP contribution in [0.1, 0.15) is 34.9 Å². The number of thiazole rings is 1. The van der Waals surface area contributed by atoms with Crippen LogP contribution in [0.2, 0.25) is 0 Å². The molecule has 1 heterocycles. The Kier molecular flexibility index (Phi) is 5.23. The van der Waals surface area contributed by atoms with E-state index in [1.54, 1.807) is 35.6 Å². The normalized spacial score (nSPS) is 11.2. The molecule has 2 rings (SSSR count). The van der Waals surface area contributed by atoms with Gasteiger partial charge in [-0.3, -0.25) is 4.79 Å². The van der Waals surface area contributed by atoms with E-state index in [9.17, 15) is 14.7 Å². The molecule has 24 heavy (non-hydrogen) atoms. The highest BCUT2D eigenvalue weighted by molar-refractivity contribution is 7.09. The lowest BCUT2D eigenvalue weighted by molar-refractivity contribution is -0.147. The first-order valence-electron chi connectivity index (χ1n) is 7.37. The van der Waals surface area contributed by atoms with Crippen LogP contribution >= 0.6 is 11.3 Å². The van der Waals surface area contributed by atoms with Crippen LogP contribution in [0.25, 0.3) is 0 Å². The maximum atomic E-state index is 12.5. The van der Waals surface area contributed by atoms with Gasteiger partial charge in [0.05, 0.1) is 10.7 Å². The predicted octanol–water partition coefficient (Wildman–Crippen LogP) is 2.97. The van der Waals surface area contributed by atoms with Crippen LogP contribution < -0.4 is 4.74 Å². The summed E-state index contributed by atoms with van der Waals surface area (Å²) >= 11 is 1.55. The molecule has 0 atom stereocenters. The van der Waals surface area contributed by atoms with Crippen molar-refractivity contribution >= 4 is 23.2 Å². The summed E-state index contributed by atoms with van der Waals surface area (Å²) < 4.78 is 5.67. The van der Waals surface area contributed by atoms with Gasteiger partial charge in [0.1, 0.15) is 17.9 Å². The van der Waals surface area contributed by atoms with Crippen LogP contribution in [0.4, 0.5) is 0 Å². The molecule has 1 amide bonds. The highest BCUT2D eigenvalue weighted by atomic mass is 32.1. The molecule has 0 bridgehead atoms. The number of likely N-dealkylation sites (N-methyl/N-ethyl adjacent to an activating group) is 1. The van der Waals surface area contributed by atoms with Gasteiger partial charge in [0, 0.05) is 18.0 Å². The van der Waals surface area contributed by atoms with Crippen molar-refractivity contribution in [2.75, 3.05) is 7.05 Å². The van der Waals surface area contributed by atoms with Crippen molar-refractivity contribution in [1.82, 2.24) is 9.88 Å². The summed E-state index contributed by atoms with van der Waals surface area (Å²) in [6.45, 7) is 5.21. The topological polar surface area (TPSA) is 79.7 Å². The molecule has 0 radical (unpaired) electrons. The molecule has 0 unspecified atom stereocenters. The van der Waals surface area contributed by atoms with Gasteiger partial charge >= 0.3 is 5.97 Å². The second kappa shape index (κ2) is 7.00. The van der Waals surface area contributed by atoms with Crippen molar-refractivity contribution < 1.29 is 19.4 Å². The first-order valence-corrected chi connectivity index (χ1v) is 8.25. The van der Waals surface area contributed by atoms with Crippen molar-refractivity contribution in [3.8, 4) is 5.75 Å². The van der Waals surface area contributed by atoms with Gasteiger partial charge in [-0.25, -0.2) is 9.78 Å². The quantitative estimate of drug-likeness (QED) is 0.868. The van der Waals surface area contributed by atoms with E-state index in [0.717, 1.165) is 10.7 Å². The van der Waals surface area contributed by atoms with Gasteiger partial charge in [0.15, 0.2) is 0 Å². The van der Waals surface area contributed by atoms with Crippen LogP contribution in [0.15, 0.2) is 29.6 Å². The van der Waals surface area contributed by atoms with Crippen LogP contribution in [0.5, 0.6) is 5.75 Å². The molecule has 1 aromatic carbocycles. The summed E-state index contributed by atoms with van der Waals surface area (Å²) in [5.74, 6) is -0.907. The number of nitrogens with zero attached hydrogens (tertiary/aromatic N) is 2. The maximum absolute atomic E-state index is 12.5. The molecule has 0 aliphatic heterocycles. The molecule has 0 aliphatic rings. The van der Waals surface area contributed by atoms with Crippen molar-refractivity contribution in [1.29, 1.82) is 0 Å². The van der Waals surface area contributed by atoms with E-state index in [4.69, 9.17) is 4.74 Å². The molecule has 1 aromatic heterocycles. The third-order valence-electron chi connectivity index (χ3n) is 3.80. The van der Waals surface area contributed by atoms with E-state index >= 15 is 0 Å². The number of aryl methyl sites for hydroxylation is 1. The number of carboxylic acid groups (broad SMARTS) is 1. The van der Waals surface area contributed by atoms with Gasteiger partial charge < -0.3 is 14.7 Å². The average molecular weight is 348 g/mol. The van der Waals surface area contributed by atoms with E-state index < -0.39 is 11.5 Å². The molecule has 0 fully saturated rings. The second-order valence-corrected chi connectivity index (χ2v) is 6.96. The number of aromatic nitrogens is 1. The number of aliphatic carboxylic acids is 1. The molecule has 0 saturated carbocycles. The lowest BCUT2D eigenvalue weighted by Gasteiger charge is -2.31. The van der Waals surface area contributed by atoms with Crippen LogP contribution in [0, 0.1) is 6.92 Å². The minimum Gasteiger partial charge on any atom is -0.487 e. The third kappa shape index (κ3) is 3.91. The van der Waals surface area contributed by atoms with E-state index in [0.29, 0.717) is 17.9 Å². The van der Waals surface area contributed by atoms with E-state index in [-0.39, 0.29) is 5.91 Å². The average Bonchev–Trinajstić information content (AvgIpc) is 2.97. The zero-order chi connectivity index (χ0) is 17.9. The first-order chi connectivity index (χ1) is 11.2. The molecular formula is C17H20N2O4S. The molecule has 7 heteroatoms. The Balaban J connectivity index is 2.11. The van der Waals surface area contributed by atoms with Crippen LogP contribution in [0.3, 0.4) is 0 Å². The van der Waals surface area contributed by atoms with E-state index in [2.05, 4.69) is 4.98 Å². The number of hydrogen-bond acceptors (Lipinski definition) is 5. The number of benzene rings is 1. The second-order valence-electron chi connectivity index (χ2n) is 5.90. The Hall–Kier alpha value is -2.41. The zero-order valence-corrected chi connectivity index (χ0v) is 14.9. The minimum absolute atomic E-state index is 0.318. The fourth-order valence-electron chi connectivity index (χ4n) is 1.94. The van der Waals surface area contributed by atoms with Crippen molar-refractivity contribution in [2.24, 2.45) is 0 Å². The SMILES string of the molecule is Cc1nc(COc2cccc(C(=O)N(C)C(C)(C)C(=O)O)c2)cs1.